The van der Waals surface area contributed by atoms with E-state index in [1.54, 1.807) is 0 Å². The number of carbonyl (C=O) groups is 1. The molecule has 2 aromatic carbocycles. The van der Waals surface area contributed by atoms with Crippen LogP contribution < -0.4 is 0 Å². The summed E-state index contributed by atoms with van der Waals surface area (Å²) in [5.74, 6) is 0.127. The molecular weight excluding hydrogens is 292 g/mol. The van der Waals surface area contributed by atoms with Gasteiger partial charge in [0.25, 0.3) is 0 Å². The van der Waals surface area contributed by atoms with Crippen molar-refractivity contribution in [2.45, 2.75) is 66.2 Å². The third-order valence-electron chi connectivity index (χ3n) is 4.77. The molecule has 0 saturated heterocycles. The van der Waals surface area contributed by atoms with E-state index in [0.717, 1.165) is 22.3 Å². The molecule has 1 heteroatoms. The molecule has 0 spiro atoms. The van der Waals surface area contributed by atoms with Gasteiger partial charge in [-0.3, -0.25) is 4.79 Å². The first-order valence-electron chi connectivity index (χ1n) is 8.69. The molecule has 2 rings (SSSR count). The van der Waals surface area contributed by atoms with Gasteiger partial charge < -0.3 is 0 Å². The summed E-state index contributed by atoms with van der Waals surface area (Å²) in [5.41, 5.74) is 6.35. The molecule has 0 N–H and O–H groups in total. The molecule has 1 nitrogen and oxygen atoms in total. The molecule has 0 saturated carbocycles. The minimum Gasteiger partial charge on any atom is -0.289 e. The lowest BCUT2D eigenvalue weighted by molar-refractivity contribution is 0.103. The molecule has 0 aromatic heterocycles. The summed E-state index contributed by atoms with van der Waals surface area (Å²) < 4.78 is 0. The highest BCUT2D eigenvalue weighted by molar-refractivity contribution is 6.11. The van der Waals surface area contributed by atoms with E-state index >= 15 is 0 Å². The first-order valence-corrected chi connectivity index (χ1v) is 8.69. The zero-order valence-corrected chi connectivity index (χ0v) is 16.4. The second-order valence-electron chi connectivity index (χ2n) is 8.79. The van der Waals surface area contributed by atoms with Gasteiger partial charge in [-0.15, -0.1) is 0 Å². The van der Waals surface area contributed by atoms with Gasteiger partial charge in [0, 0.05) is 11.1 Å². The standard InChI is InChI=1S/C23H30O/c1-15-17(11-9-13-19(15)22(3,4)5)21(24)18-12-10-14-20(16(18)2)23(6,7)8/h9-14H,1-8H3. The molecular formula is C23H30O. The number of ketones is 1. The van der Waals surface area contributed by atoms with Crippen LogP contribution in [0.3, 0.4) is 0 Å². The normalized spacial score (nSPS) is 12.3. The van der Waals surface area contributed by atoms with Crippen LogP contribution in [0.4, 0.5) is 0 Å². The topological polar surface area (TPSA) is 17.1 Å². The Morgan fingerprint density at radius 3 is 1.29 bits per heavy atom. The van der Waals surface area contributed by atoms with Crippen molar-refractivity contribution < 1.29 is 4.79 Å². The molecule has 0 amide bonds. The average molecular weight is 322 g/mol. The second kappa shape index (κ2) is 6.20. The third kappa shape index (κ3) is 3.45. The zero-order chi connectivity index (χ0) is 18.3. The lowest BCUT2D eigenvalue weighted by atomic mass is 9.79. The molecule has 0 radical (unpaired) electrons. The van der Waals surface area contributed by atoms with Crippen molar-refractivity contribution in [2.75, 3.05) is 0 Å². The lowest BCUT2D eigenvalue weighted by Crippen LogP contribution is -2.18. The van der Waals surface area contributed by atoms with E-state index in [1.165, 1.54) is 11.1 Å². The Bertz CT molecular complexity index is 702. The van der Waals surface area contributed by atoms with Crippen molar-refractivity contribution >= 4 is 5.78 Å². The fourth-order valence-corrected chi connectivity index (χ4v) is 3.53. The smallest absolute Gasteiger partial charge is 0.193 e. The largest absolute Gasteiger partial charge is 0.289 e. The van der Waals surface area contributed by atoms with Crippen molar-refractivity contribution in [1.82, 2.24) is 0 Å². The van der Waals surface area contributed by atoms with Gasteiger partial charge in [-0.25, -0.2) is 0 Å². The van der Waals surface area contributed by atoms with Crippen LogP contribution in [0.1, 0.15) is 79.7 Å². The highest BCUT2D eigenvalue weighted by Gasteiger charge is 2.24. The summed E-state index contributed by atoms with van der Waals surface area (Å²) in [6, 6.07) is 12.2. The van der Waals surface area contributed by atoms with Crippen LogP contribution in [0, 0.1) is 13.8 Å². The number of carbonyl (C=O) groups excluding carboxylic acids is 1. The third-order valence-corrected chi connectivity index (χ3v) is 4.77. The van der Waals surface area contributed by atoms with Crippen molar-refractivity contribution in [3.8, 4) is 0 Å². The number of hydrogen-bond acceptors (Lipinski definition) is 1. The number of benzene rings is 2. The van der Waals surface area contributed by atoms with Gasteiger partial charge in [0.15, 0.2) is 5.78 Å². The number of rotatable bonds is 2. The molecule has 0 atom stereocenters. The van der Waals surface area contributed by atoms with Crippen LogP contribution in [0.2, 0.25) is 0 Å². The summed E-state index contributed by atoms with van der Waals surface area (Å²) in [4.78, 5) is 13.2. The van der Waals surface area contributed by atoms with Crippen molar-refractivity contribution in [3.63, 3.8) is 0 Å². The van der Waals surface area contributed by atoms with Gasteiger partial charge in [0.05, 0.1) is 0 Å². The average Bonchev–Trinajstić information content (AvgIpc) is 2.44. The van der Waals surface area contributed by atoms with E-state index in [2.05, 4.69) is 67.5 Å². The van der Waals surface area contributed by atoms with Crippen LogP contribution >= 0.6 is 0 Å². The van der Waals surface area contributed by atoms with Gasteiger partial charge >= 0.3 is 0 Å². The Kier molecular flexibility index (Phi) is 4.77. The van der Waals surface area contributed by atoms with Gasteiger partial charge in [-0.2, -0.15) is 0 Å². The molecule has 0 fully saturated rings. The molecule has 24 heavy (non-hydrogen) atoms. The van der Waals surface area contributed by atoms with E-state index in [9.17, 15) is 4.79 Å². The van der Waals surface area contributed by atoms with Gasteiger partial charge in [-0.1, -0.05) is 77.9 Å². The van der Waals surface area contributed by atoms with Crippen LogP contribution in [0.25, 0.3) is 0 Å². The highest BCUT2D eigenvalue weighted by Crippen LogP contribution is 2.31. The second-order valence-corrected chi connectivity index (χ2v) is 8.79. The maximum Gasteiger partial charge on any atom is 0.193 e. The first-order chi connectivity index (χ1) is 10.9. The molecule has 2 aromatic rings. The quantitative estimate of drug-likeness (QED) is 0.608. The van der Waals surface area contributed by atoms with Gasteiger partial charge in [-0.05, 0) is 46.9 Å². The molecule has 128 valence electrons. The Labute approximate surface area is 147 Å². The Balaban J connectivity index is 2.60. The van der Waals surface area contributed by atoms with E-state index < -0.39 is 0 Å². The van der Waals surface area contributed by atoms with Crippen LogP contribution in [0.5, 0.6) is 0 Å². The summed E-state index contributed by atoms with van der Waals surface area (Å²) in [6.07, 6.45) is 0. The Morgan fingerprint density at radius 1 is 0.667 bits per heavy atom. The Hall–Kier alpha value is -1.89. The summed E-state index contributed by atoms with van der Waals surface area (Å²) in [7, 11) is 0. The maximum atomic E-state index is 13.2. The van der Waals surface area contributed by atoms with E-state index in [1.807, 2.05) is 24.3 Å². The molecule has 0 aliphatic heterocycles. The van der Waals surface area contributed by atoms with Crippen LogP contribution in [-0.4, -0.2) is 5.78 Å². The zero-order valence-electron chi connectivity index (χ0n) is 16.4. The van der Waals surface area contributed by atoms with E-state index in [-0.39, 0.29) is 16.6 Å². The maximum absolute atomic E-state index is 13.2. The predicted molar refractivity (Wildman–Crippen MR) is 103 cm³/mol. The van der Waals surface area contributed by atoms with Gasteiger partial charge in [0.2, 0.25) is 0 Å². The van der Waals surface area contributed by atoms with Crippen LogP contribution in [-0.2, 0) is 10.8 Å². The molecule has 0 aliphatic carbocycles. The number of hydrogen-bond donors (Lipinski definition) is 0. The van der Waals surface area contributed by atoms with Crippen molar-refractivity contribution in [2.24, 2.45) is 0 Å². The summed E-state index contributed by atoms with van der Waals surface area (Å²) >= 11 is 0. The SMILES string of the molecule is Cc1c(C(=O)c2cccc(C(C)(C)C)c2C)cccc1C(C)(C)C. The summed E-state index contributed by atoms with van der Waals surface area (Å²) in [5, 5.41) is 0. The molecule has 0 heterocycles. The minimum atomic E-state index is 0.0304. The van der Waals surface area contributed by atoms with Crippen molar-refractivity contribution in [1.29, 1.82) is 0 Å². The lowest BCUT2D eigenvalue weighted by Gasteiger charge is -2.25. The van der Waals surface area contributed by atoms with Crippen LogP contribution in [0.15, 0.2) is 36.4 Å². The highest BCUT2D eigenvalue weighted by atomic mass is 16.1. The molecule has 0 bridgehead atoms. The van der Waals surface area contributed by atoms with E-state index in [0.29, 0.717) is 0 Å². The minimum absolute atomic E-state index is 0.0304. The predicted octanol–water partition coefficient (Wildman–Crippen LogP) is 6.13. The fraction of sp³-hybridized carbons (Fsp3) is 0.435. The molecule has 0 aliphatic rings. The molecule has 0 unspecified atom stereocenters. The summed E-state index contributed by atoms with van der Waals surface area (Å²) in [6.45, 7) is 17.3. The fourth-order valence-electron chi connectivity index (χ4n) is 3.53. The van der Waals surface area contributed by atoms with Crippen molar-refractivity contribution in [3.05, 3.63) is 69.8 Å². The Morgan fingerprint density at radius 2 is 1.00 bits per heavy atom. The monoisotopic (exact) mass is 322 g/mol. The van der Waals surface area contributed by atoms with Gasteiger partial charge in [0.1, 0.15) is 0 Å². The first kappa shape index (κ1) is 18.4. The van der Waals surface area contributed by atoms with E-state index in [4.69, 9.17) is 0 Å².